The van der Waals surface area contributed by atoms with Crippen LogP contribution in [0.1, 0.15) is 0 Å². The van der Waals surface area contributed by atoms with Crippen LogP contribution in [0.2, 0.25) is 0 Å². The molecule has 0 fully saturated rings. The van der Waals surface area contributed by atoms with E-state index in [9.17, 15) is 26.3 Å². The summed E-state index contributed by atoms with van der Waals surface area (Å²) in [4.78, 5) is 7.47. The molecule has 165 valence electrons. The van der Waals surface area contributed by atoms with Crippen molar-refractivity contribution >= 4 is 33.0 Å². The molecule has 0 spiro atoms. The summed E-state index contributed by atoms with van der Waals surface area (Å²) in [6.07, 6.45) is 2.97. The van der Waals surface area contributed by atoms with E-state index in [2.05, 4.69) is 19.5 Å². The minimum Gasteiger partial charge on any atom is -0.741 e. The second-order valence-corrected chi connectivity index (χ2v) is 6.31. The van der Waals surface area contributed by atoms with Crippen LogP contribution in [-0.2, 0) is 46.8 Å². The molecule has 2 aliphatic heterocycles. The van der Waals surface area contributed by atoms with Crippen LogP contribution < -0.4 is 0 Å². The number of aliphatic imine (C=N–C) groups is 2. The van der Waals surface area contributed by atoms with Gasteiger partial charge in [0.2, 0.25) is 0 Å². The Hall–Kier alpha value is -1.14. The van der Waals surface area contributed by atoms with Crippen LogP contribution in [0.3, 0.4) is 0 Å². The van der Waals surface area contributed by atoms with Crippen molar-refractivity contribution in [1.29, 1.82) is 0 Å². The van der Waals surface area contributed by atoms with Gasteiger partial charge in [0, 0.05) is 0 Å². The molecule has 27 heavy (non-hydrogen) atoms. The molecule has 0 saturated heterocycles. The molecule has 0 N–H and O–H groups in total. The van der Waals surface area contributed by atoms with E-state index in [1.165, 1.54) is 12.8 Å². The molecule has 10 nitrogen and oxygen atoms in total. The van der Waals surface area contributed by atoms with Gasteiger partial charge in [0.05, 0.1) is 13.1 Å². The zero-order chi connectivity index (χ0) is 21.1. The van der Waals surface area contributed by atoms with Gasteiger partial charge in [-0.2, -0.15) is 26.3 Å². The molecule has 2 rings (SSSR count). The summed E-state index contributed by atoms with van der Waals surface area (Å²) >= 11 is 0. The molecule has 0 aromatic heterocycles. The van der Waals surface area contributed by atoms with Crippen LogP contribution in [-0.4, -0.2) is 76.1 Å². The standard InChI is InChI=1S/2C3H5NO.2CHF3O3S.Cu/c2*1-2-5-3-4-1;2*2-1(3,4)8(5,6)7;/h2*3H,1-2H2;2*(H,5,6,7);/q;;;;+2/p-2. The zero-order valence-electron chi connectivity index (χ0n) is 12.5. The minimum absolute atomic E-state index is 0. The fourth-order valence-electron chi connectivity index (χ4n) is 0.527. The van der Waals surface area contributed by atoms with Crippen molar-refractivity contribution in [3.05, 3.63) is 0 Å². The van der Waals surface area contributed by atoms with Gasteiger partial charge < -0.3 is 18.6 Å². The Morgan fingerprint density at radius 3 is 1.00 bits per heavy atom. The van der Waals surface area contributed by atoms with Gasteiger partial charge in [-0.1, -0.05) is 0 Å². The van der Waals surface area contributed by atoms with Gasteiger partial charge in [-0.3, -0.25) is 9.98 Å². The Balaban J connectivity index is -0.000000286. The summed E-state index contributed by atoms with van der Waals surface area (Å²) in [5, 5.41) is 0. The van der Waals surface area contributed by atoms with E-state index in [1.54, 1.807) is 0 Å². The van der Waals surface area contributed by atoms with Crippen molar-refractivity contribution in [3.63, 3.8) is 0 Å². The summed E-state index contributed by atoms with van der Waals surface area (Å²) in [5.74, 6) is 0. The third-order valence-corrected chi connectivity index (χ3v) is 2.68. The van der Waals surface area contributed by atoms with Crippen LogP contribution >= 0.6 is 0 Å². The third-order valence-electron chi connectivity index (χ3n) is 1.54. The van der Waals surface area contributed by atoms with E-state index in [1.807, 2.05) is 0 Å². The summed E-state index contributed by atoms with van der Waals surface area (Å²) in [6.45, 7) is 3.25. The molecular formula is C8H10CuF6N2O8S2. The largest absolute Gasteiger partial charge is 2.00 e. The smallest absolute Gasteiger partial charge is 0.741 e. The fourth-order valence-corrected chi connectivity index (χ4v) is 0.527. The number of nitrogens with zero attached hydrogens (tertiary/aromatic N) is 2. The van der Waals surface area contributed by atoms with E-state index in [-0.39, 0.29) is 17.1 Å². The van der Waals surface area contributed by atoms with Crippen molar-refractivity contribution < 1.29 is 78.8 Å². The molecule has 0 amide bonds. The Morgan fingerprint density at radius 1 is 0.741 bits per heavy atom. The second-order valence-electron chi connectivity index (χ2n) is 3.56. The molecule has 2 aliphatic rings. The number of hydrogen-bond acceptors (Lipinski definition) is 10. The maximum absolute atomic E-state index is 10.7. The van der Waals surface area contributed by atoms with E-state index in [0.717, 1.165) is 26.3 Å². The number of alkyl halides is 6. The van der Waals surface area contributed by atoms with Gasteiger partial charge in [0.1, 0.15) is 13.2 Å². The number of halogens is 6. The molecule has 0 unspecified atom stereocenters. The molecule has 2 heterocycles. The van der Waals surface area contributed by atoms with Gasteiger partial charge in [0.15, 0.2) is 33.0 Å². The maximum Gasteiger partial charge on any atom is 2.00 e. The Morgan fingerprint density at radius 2 is 0.963 bits per heavy atom. The first-order valence-electron chi connectivity index (χ1n) is 5.74. The number of hydrogen-bond donors (Lipinski definition) is 0. The molecule has 19 heteroatoms. The average Bonchev–Trinajstić information content (AvgIpc) is 3.15. The summed E-state index contributed by atoms with van der Waals surface area (Å²) < 4.78 is 127. The Kier molecular flexibility index (Phi) is 14.8. The number of rotatable bonds is 0. The maximum atomic E-state index is 10.7. The van der Waals surface area contributed by atoms with Crippen molar-refractivity contribution in [2.75, 3.05) is 26.3 Å². The average molecular weight is 504 g/mol. The van der Waals surface area contributed by atoms with Crippen molar-refractivity contribution in [3.8, 4) is 0 Å². The van der Waals surface area contributed by atoms with E-state index in [4.69, 9.17) is 25.9 Å². The van der Waals surface area contributed by atoms with E-state index >= 15 is 0 Å². The van der Waals surface area contributed by atoms with Gasteiger partial charge in [0.25, 0.3) is 0 Å². The number of ether oxygens (including phenoxy) is 2. The molecule has 1 radical (unpaired) electrons. The van der Waals surface area contributed by atoms with Crippen LogP contribution in [0.25, 0.3) is 0 Å². The normalized spacial score (nSPS) is 15.4. The van der Waals surface area contributed by atoms with Crippen LogP contribution in [0, 0.1) is 0 Å². The topological polar surface area (TPSA) is 158 Å². The Labute approximate surface area is 159 Å². The van der Waals surface area contributed by atoms with Crippen molar-refractivity contribution in [2.24, 2.45) is 9.98 Å². The molecule has 0 aliphatic carbocycles. The minimum atomic E-state index is -6.09. The predicted octanol–water partition coefficient (Wildman–Crippen LogP) is 0.190. The van der Waals surface area contributed by atoms with Gasteiger partial charge in [-0.05, 0) is 0 Å². The van der Waals surface area contributed by atoms with Crippen LogP contribution in [0.15, 0.2) is 9.98 Å². The summed E-state index contributed by atoms with van der Waals surface area (Å²) in [6, 6.07) is 0. The molecule has 0 atom stereocenters. The quantitative estimate of drug-likeness (QED) is 0.196. The molecule has 0 bridgehead atoms. The third kappa shape index (κ3) is 18.0. The first kappa shape index (κ1) is 30.6. The first-order chi connectivity index (χ1) is 11.5. The van der Waals surface area contributed by atoms with Crippen LogP contribution in [0.5, 0.6) is 0 Å². The first-order valence-corrected chi connectivity index (χ1v) is 8.56. The zero-order valence-corrected chi connectivity index (χ0v) is 15.1. The monoisotopic (exact) mass is 503 g/mol. The van der Waals surface area contributed by atoms with Gasteiger partial charge in [-0.25, -0.2) is 16.8 Å². The van der Waals surface area contributed by atoms with E-state index < -0.39 is 31.3 Å². The molecule has 0 saturated carbocycles. The van der Waals surface area contributed by atoms with E-state index in [0.29, 0.717) is 0 Å². The Bertz CT molecular complexity index is 591. The van der Waals surface area contributed by atoms with Gasteiger partial charge >= 0.3 is 28.1 Å². The van der Waals surface area contributed by atoms with Gasteiger partial charge in [-0.15, -0.1) is 0 Å². The predicted molar refractivity (Wildman–Crippen MR) is 70.1 cm³/mol. The second kappa shape index (κ2) is 13.1. The molecular weight excluding hydrogens is 494 g/mol. The van der Waals surface area contributed by atoms with Crippen molar-refractivity contribution in [1.82, 2.24) is 0 Å². The molecule has 0 aromatic carbocycles. The van der Waals surface area contributed by atoms with Crippen LogP contribution in [0.4, 0.5) is 26.3 Å². The fraction of sp³-hybridized carbons (Fsp3) is 0.750. The molecule has 0 aromatic rings. The summed E-state index contributed by atoms with van der Waals surface area (Å²) in [5.41, 5.74) is -11.3. The van der Waals surface area contributed by atoms with Crippen molar-refractivity contribution in [2.45, 2.75) is 11.0 Å². The SMILES string of the molecule is C1=NCCO1.C1=NCCO1.O=S(=O)([O-])C(F)(F)F.O=S(=O)([O-])C(F)(F)F.[Cu+2]. The summed E-state index contributed by atoms with van der Waals surface area (Å²) in [7, 11) is -12.2.